The average molecular weight is 374 g/mol. The summed E-state index contributed by atoms with van der Waals surface area (Å²) in [6.07, 6.45) is 7.99. The topological polar surface area (TPSA) is 65.1 Å². The molecule has 1 atom stereocenters. The number of fused-ring (bicyclic) bond motifs is 3. The predicted octanol–water partition coefficient (Wildman–Crippen LogP) is 2.49. The summed E-state index contributed by atoms with van der Waals surface area (Å²) in [7, 11) is 1.74. The van der Waals surface area contributed by atoms with Crippen molar-refractivity contribution in [1.29, 1.82) is 0 Å². The summed E-state index contributed by atoms with van der Waals surface area (Å²) in [6, 6.07) is 0.497. The Balaban J connectivity index is 1.90. The van der Waals surface area contributed by atoms with E-state index in [4.69, 9.17) is 4.98 Å². The Hall–Kier alpha value is -2.05. The molecule has 1 aliphatic carbocycles. The van der Waals surface area contributed by atoms with E-state index in [-0.39, 0.29) is 11.2 Å². The minimum Gasteiger partial charge on any atom is -0.339 e. The van der Waals surface area contributed by atoms with Gasteiger partial charge in [0.1, 0.15) is 0 Å². The van der Waals surface area contributed by atoms with Crippen LogP contribution < -0.4 is 16.1 Å². The Bertz CT molecular complexity index is 948. The Kier molecular flexibility index (Phi) is 4.86. The van der Waals surface area contributed by atoms with Crippen molar-refractivity contribution < 1.29 is 0 Å². The third kappa shape index (κ3) is 3.01. The number of nitrogens with zero attached hydrogens (tertiary/aromatic N) is 5. The lowest BCUT2D eigenvalue weighted by molar-refractivity contribution is 0.354. The highest BCUT2D eigenvalue weighted by molar-refractivity contribution is 5.75. The molecule has 1 fully saturated rings. The lowest BCUT2D eigenvalue weighted by Crippen LogP contribution is -2.45. The van der Waals surface area contributed by atoms with E-state index < -0.39 is 0 Å². The number of rotatable bonds is 4. The number of anilines is 1. The first-order valence-corrected chi connectivity index (χ1v) is 10.5. The lowest BCUT2D eigenvalue weighted by atomic mass is 9.93. The summed E-state index contributed by atoms with van der Waals surface area (Å²) in [5.41, 5.74) is 0.685. The summed E-state index contributed by atoms with van der Waals surface area (Å²) >= 11 is 0. The van der Waals surface area contributed by atoms with E-state index in [1.165, 1.54) is 36.7 Å². The van der Waals surface area contributed by atoms with Gasteiger partial charge in [-0.05, 0) is 25.2 Å². The molecule has 0 saturated heterocycles. The fraction of sp³-hybridized carbons (Fsp3) is 0.750. The monoisotopic (exact) mass is 373 g/mol. The van der Waals surface area contributed by atoms with Crippen molar-refractivity contribution in [3.05, 3.63) is 20.8 Å². The van der Waals surface area contributed by atoms with E-state index in [9.17, 15) is 9.59 Å². The van der Waals surface area contributed by atoms with Gasteiger partial charge in [0.15, 0.2) is 11.2 Å². The van der Waals surface area contributed by atoms with Crippen molar-refractivity contribution in [3.63, 3.8) is 0 Å². The minimum absolute atomic E-state index is 0.182. The van der Waals surface area contributed by atoms with E-state index in [1.54, 1.807) is 11.6 Å². The van der Waals surface area contributed by atoms with Crippen LogP contribution in [0.3, 0.4) is 0 Å². The van der Waals surface area contributed by atoms with Crippen molar-refractivity contribution in [2.75, 3.05) is 11.4 Å². The van der Waals surface area contributed by atoms with Gasteiger partial charge in [-0.3, -0.25) is 13.9 Å². The van der Waals surface area contributed by atoms with Crippen molar-refractivity contribution in [2.45, 2.75) is 77.9 Å². The first kappa shape index (κ1) is 18.3. The van der Waals surface area contributed by atoms with Crippen LogP contribution in [0.4, 0.5) is 5.95 Å². The second kappa shape index (κ2) is 7.17. The van der Waals surface area contributed by atoms with E-state index in [0.29, 0.717) is 29.7 Å². The molecule has 1 aliphatic heterocycles. The van der Waals surface area contributed by atoms with Crippen LogP contribution >= 0.6 is 0 Å². The van der Waals surface area contributed by atoms with Crippen molar-refractivity contribution >= 4 is 17.1 Å². The highest BCUT2D eigenvalue weighted by Gasteiger charge is 2.33. The number of imidazole rings is 1. The molecule has 2 aliphatic rings. The third-order valence-corrected chi connectivity index (χ3v) is 6.22. The Morgan fingerprint density at radius 2 is 1.85 bits per heavy atom. The molecule has 0 aromatic carbocycles. The summed E-state index contributed by atoms with van der Waals surface area (Å²) in [5, 5.41) is 0. The highest BCUT2D eigenvalue weighted by atomic mass is 16.2. The van der Waals surface area contributed by atoms with Gasteiger partial charge in [0.25, 0.3) is 5.56 Å². The van der Waals surface area contributed by atoms with Gasteiger partial charge in [0.2, 0.25) is 5.95 Å². The number of aromatic nitrogens is 4. The van der Waals surface area contributed by atoms with Crippen LogP contribution in [0.5, 0.6) is 0 Å². The van der Waals surface area contributed by atoms with Gasteiger partial charge in [-0.15, -0.1) is 0 Å². The molecule has 2 aromatic heterocycles. The first-order chi connectivity index (χ1) is 13.0. The summed E-state index contributed by atoms with van der Waals surface area (Å²) in [4.78, 5) is 33.2. The molecule has 0 spiro atoms. The Morgan fingerprint density at radius 1 is 1.11 bits per heavy atom. The van der Waals surface area contributed by atoms with Crippen LogP contribution in [0.2, 0.25) is 0 Å². The minimum atomic E-state index is -0.256. The van der Waals surface area contributed by atoms with Gasteiger partial charge >= 0.3 is 5.69 Å². The van der Waals surface area contributed by atoms with Crippen molar-refractivity contribution in [3.8, 4) is 0 Å². The molecule has 7 heteroatoms. The van der Waals surface area contributed by atoms with Gasteiger partial charge in [-0.1, -0.05) is 39.5 Å². The van der Waals surface area contributed by atoms with E-state index in [2.05, 4.69) is 23.3 Å². The maximum absolute atomic E-state index is 13.2. The molecule has 1 saturated carbocycles. The molecule has 0 radical (unpaired) electrons. The number of aryl methyl sites for hydroxylation is 1. The number of hydrogen-bond donors (Lipinski definition) is 0. The van der Waals surface area contributed by atoms with Crippen LogP contribution in [0.25, 0.3) is 11.2 Å². The lowest BCUT2D eigenvalue weighted by Gasteiger charge is -2.40. The van der Waals surface area contributed by atoms with E-state index >= 15 is 0 Å². The molecule has 0 N–H and O–H groups in total. The molecule has 3 heterocycles. The second-order valence-electron chi connectivity index (χ2n) is 8.40. The quantitative estimate of drug-likeness (QED) is 0.826. The standard InChI is InChI=1S/C20H31N5O2/c1-4-5-11-23-18(26)16-17(22(3)20(23)27)21-19-24(12-14(2)13-25(16)19)15-9-7-6-8-10-15/h14-15H,4-13H2,1-3H3/t14-/m1/s1. The van der Waals surface area contributed by atoms with E-state index in [1.807, 2.05) is 0 Å². The van der Waals surface area contributed by atoms with Gasteiger partial charge < -0.3 is 9.47 Å². The molecule has 4 rings (SSSR count). The van der Waals surface area contributed by atoms with Crippen LogP contribution in [-0.2, 0) is 20.1 Å². The molecular weight excluding hydrogens is 342 g/mol. The van der Waals surface area contributed by atoms with Crippen molar-refractivity contribution in [2.24, 2.45) is 13.0 Å². The van der Waals surface area contributed by atoms with Crippen LogP contribution in [0.15, 0.2) is 9.59 Å². The fourth-order valence-corrected chi connectivity index (χ4v) is 4.76. The first-order valence-electron chi connectivity index (χ1n) is 10.5. The van der Waals surface area contributed by atoms with E-state index in [0.717, 1.165) is 31.9 Å². The zero-order valence-electron chi connectivity index (χ0n) is 16.8. The molecular formula is C20H31N5O2. The molecule has 7 nitrogen and oxygen atoms in total. The SMILES string of the molecule is CCCCn1c(=O)c2c(nc3n2C[C@H](C)CN3C2CCCCC2)n(C)c1=O. The zero-order valence-corrected chi connectivity index (χ0v) is 16.8. The summed E-state index contributed by atoms with van der Waals surface area (Å²) < 4.78 is 5.04. The predicted molar refractivity (Wildman–Crippen MR) is 108 cm³/mol. The van der Waals surface area contributed by atoms with Gasteiger partial charge in [0, 0.05) is 32.7 Å². The summed E-state index contributed by atoms with van der Waals surface area (Å²) in [6.45, 7) is 6.54. The molecule has 0 bridgehead atoms. The third-order valence-electron chi connectivity index (χ3n) is 6.22. The fourth-order valence-electron chi connectivity index (χ4n) is 4.76. The Labute approximate surface area is 159 Å². The van der Waals surface area contributed by atoms with Gasteiger partial charge in [-0.25, -0.2) is 4.79 Å². The van der Waals surface area contributed by atoms with Gasteiger partial charge in [-0.2, -0.15) is 4.98 Å². The Morgan fingerprint density at radius 3 is 2.56 bits per heavy atom. The second-order valence-corrected chi connectivity index (χ2v) is 8.40. The molecule has 2 aromatic rings. The maximum Gasteiger partial charge on any atom is 0.332 e. The zero-order chi connectivity index (χ0) is 19.1. The molecule has 0 amide bonds. The smallest absolute Gasteiger partial charge is 0.332 e. The van der Waals surface area contributed by atoms with Gasteiger partial charge in [0.05, 0.1) is 0 Å². The number of hydrogen-bond acceptors (Lipinski definition) is 4. The van der Waals surface area contributed by atoms with Crippen LogP contribution in [-0.4, -0.2) is 31.3 Å². The highest BCUT2D eigenvalue weighted by Crippen LogP contribution is 2.32. The molecule has 148 valence electrons. The van der Waals surface area contributed by atoms with Crippen LogP contribution in [0, 0.1) is 5.92 Å². The molecule has 27 heavy (non-hydrogen) atoms. The average Bonchev–Trinajstić information content (AvgIpc) is 3.06. The normalized spacial score (nSPS) is 21.0. The number of unbranched alkanes of at least 4 members (excludes halogenated alkanes) is 1. The largest absolute Gasteiger partial charge is 0.339 e. The van der Waals surface area contributed by atoms with Crippen molar-refractivity contribution in [1.82, 2.24) is 18.7 Å². The van der Waals surface area contributed by atoms with Crippen LogP contribution in [0.1, 0.15) is 58.8 Å². The summed E-state index contributed by atoms with van der Waals surface area (Å²) in [5.74, 6) is 1.34. The molecule has 0 unspecified atom stereocenters. The maximum atomic E-state index is 13.2.